The van der Waals surface area contributed by atoms with E-state index in [0.29, 0.717) is 0 Å². The lowest BCUT2D eigenvalue weighted by Crippen LogP contribution is -1.89. The smallest absolute Gasteiger partial charge is 0.0709 e. The first-order valence-corrected chi connectivity index (χ1v) is 5.53. The molecule has 14 heavy (non-hydrogen) atoms. The fraction of sp³-hybridized carbons (Fsp3) is 0.0833. The van der Waals surface area contributed by atoms with Crippen LogP contribution in [0.5, 0.6) is 0 Å². The summed E-state index contributed by atoms with van der Waals surface area (Å²) in [4.78, 5) is 4.52. The molecule has 0 fully saturated rings. The molecule has 1 nitrogen and oxygen atoms in total. The molecule has 1 aromatic carbocycles. The summed E-state index contributed by atoms with van der Waals surface area (Å²) in [5, 5.41) is 1.93. The van der Waals surface area contributed by atoms with E-state index in [9.17, 15) is 0 Å². The highest BCUT2D eigenvalue weighted by atomic mass is 79.9. The Bertz CT molecular complexity index is 476. The van der Waals surface area contributed by atoms with Gasteiger partial charge in [-0.3, -0.25) is 0 Å². The van der Waals surface area contributed by atoms with Crippen molar-refractivity contribution in [2.45, 2.75) is 0 Å². The predicted octanol–water partition coefficient (Wildman–Crippen LogP) is 3.64. The van der Waals surface area contributed by atoms with E-state index >= 15 is 0 Å². The largest absolute Gasteiger partial charge is 0.248 e. The molecule has 0 amide bonds. The van der Waals surface area contributed by atoms with Gasteiger partial charge < -0.3 is 0 Å². The number of alkyl halides is 1. The van der Waals surface area contributed by atoms with Crippen LogP contribution < -0.4 is 0 Å². The van der Waals surface area contributed by atoms with Gasteiger partial charge in [-0.05, 0) is 17.7 Å². The van der Waals surface area contributed by atoms with Crippen molar-refractivity contribution in [2.24, 2.45) is 0 Å². The Morgan fingerprint density at radius 2 is 2.00 bits per heavy atom. The van der Waals surface area contributed by atoms with Crippen LogP contribution in [-0.4, -0.2) is 10.3 Å². The van der Waals surface area contributed by atoms with Crippen molar-refractivity contribution in [1.29, 1.82) is 0 Å². The van der Waals surface area contributed by atoms with Crippen LogP contribution in [-0.2, 0) is 0 Å². The van der Waals surface area contributed by atoms with Gasteiger partial charge in [-0.2, -0.15) is 0 Å². The maximum atomic E-state index is 4.52. The Kier molecular flexibility index (Phi) is 2.64. The SMILES string of the molecule is C=C(CBr)c1ccc2ccccc2n1. The van der Waals surface area contributed by atoms with Gasteiger partial charge in [0.15, 0.2) is 0 Å². The monoisotopic (exact) mass is 247 g/mol. The number of aromatic nitrogens is 1. The van der Waals surface area contributed by atoms with Gasteiger partial charge in [0.1, 0.15) is 0 Å². The van der Waals surface area contributed by atoms with Gasteiger partial charge in [-0.15, -0.1) is 0 Å². The van der Waals surface area contributed by atoms with Crippen molar-refractivity contribution < 1.29 is 0 Å². The summed E-state index contributed by atoms with van der Waals surface area (Å²) in [6, 6.07) is 12.2. The first kappa shape index (κ1) is 9.41. The zero-order chi connectivity index (χ0) is 9.97. The van der Waals surface area contributed by atoms with Crippen LogP contribution in [0.2, 0.25) is 0 Å². The van der Waals surface area contributed by atoms with Crippen molar-refractivity contribution >= 4 is 32.4 Å². The first-order chi connectivity index (χ1) is 6.81. The number of para-hydroxylation sites is 1. The fourth-order valence-electron chi connectivity index (χ4n) is 1.33. The van der Waals surface area contributed by atoms with E-state index in [1.54, 1.807) is 0 Å². The van der Waals surface area contributed by atoms with Crippen LogP contribution in [0.3, 0.4) is 0 Å². The maximum Gasteiger partial charge on any atom is 0.0709 e. The molecule has 0 unspecified atom stereocenters. The lowest BCUT2D eigenvalue weighted by molar-refractivity contribution is 1.34. The minimum atomic E-state index is 0.762. The molecule has 0 radical (unpaired) electrons. The maximum absolute atomic E-state index is 4.52. The van der Waals surface area contributed by atoms with Crippen molar-refractivity contribution in [3.8, 4) is 0 Å². The van der Waals surface area contributed by atoms with Crippen LogP contribution in [0.25, 0.3) is 16.5 Å². The highest BCUT2D eigenvalue weighted by molar-refractivity contribution is 9.09. The van der Waals surface area contributed by atoms with Gasteiger partial charge >= 0.3 is 0 Å². The number of nitrogens with zero attached hydrogens (tertiary/aromatic N) is 1. The zero-order valence-corrected chi connectivity index (χ0v) is 9.29. The number of hydrogen-bond acceptors (Lipinski definition) is 1. The van der Waals surface area contributed by atoms with E-state index in [0.717, 1.165) is 22.1 Å². The average Bonchev–Trinajstić information content (AvgIpc) is 2.27. The summed E-state index contributed by atoms with van der Waals surface area (Å²) < 4.78 is 0. The number of hydrogen-bond donors (Lipinski definition) is 0. The zero-order valence-electron chi connectivity index (χ0n) is 7.70. The molecule has 0 saturated heterocycles. The molecule has 70 valence electrons. The molecule has 1 aromatic heterocycles. The van der Waals surface area contributed by atoms with Crippen LogP contribution in [0.15, 0.2) is 43.0 Å². The molecule has 0 N–H and O–H groups in total. The van der Waals surface area contributed by atoms with Crippen molar-refractivity contribution in [3.63, 3.8) is 0 Å². The quantitative estimate of drug-likeness (QED) is 0.739. The van der Waals surface area contributed by atoms with E-state index in [-0.39, 0.29) is 0 Å². The Labute approximate surface area is 91.6 Å². The average molecular weight is 248 g/mol. The van der Waals surface area contributed by atoms with Crippen molar-refractivity contribution in [1.82, 2.24) is 4.98 Å². The molecular weight excluding hydrogens is 238 g/mol. The Morgan fingerprint density at radius 3 is 2.79 bits per heavy atom. The molecular formula is C12H10BrN. The van der Waals surface area contributed by atoms with Crippen molar-refractivity contribution in [3.05, 3.63) is 48.7 Å². The van der Waals surface area contributed by atoms with Gasteiger partial charge in [0, 0.05) is 10.7 Å². The van der Waals surface area contributed by atoms with E-state index < -0.39 is 0 Å². The Morgan fingerprint density at radius 1 is 1.21 bits per heavy atom. The minimum Gasteiger partial charge on any atom is -0.248 e. The van der Waals surface area contributed by atoms with Crippen LogP contribution in [0.1, 0.15) is 5.69 Å². The molecule has 2 heteroatoms. The third-order valence-corrected chi connectivity index (χ3v) is 2.80. The van der Waals surface area contributed by atoms with Gasteiger partial charge in [-0.25, -0.2) is 4.98 Å². The van der Waals surface area contributed by atoms with Gasteiger partial charge in [-0.1, -0.05) is 46.8 Å². The molecule has 1 heterocycles. The first-order valence-electron chi connectivity index (χ1n) is 4.41. The predicted molar refractivity (Wildman–Crippen MR) is 64.6 cm³/mol. The third kappa shape index (κ3) is 1.70. The summed E-state index contributed by atoms with van der Waals surface area (Å²) in [6.45, 7) is 3.94. The summed E-state index contributed by atoms with van der Waals surface area (Å²) in [5.74, 6) is 0. The molecule has 0 bridgehead atoms. The van der Waals surface area contributed by atoms with Crippen LogP contribution >= 0.6 is 15.9 Å². The number of pyridine rings is 1. The lowest BCUT2D eigenvalue weighted by atomic mass is 10.1. The summed E-state index contributed by atoms with van der Waals surface area (Å²) in [7, 11) is 0. The lowest BCUT2D eigenvalue weighted by Gasteiger charge is -2.02. The number of benzene rings is 1. The number of halogens is 1. The Hall–Kier alpha value is -1.15. The van der Waals surface area contributed by atoms with Crippen LogP contribution in [0, 0.1) is 0 Å². The second-order valence-corrected chi connectivity index (χ2v) is 3.69. The third-order valence-electron chi connectivity index (χ3n) is 2.12. The highest BCUT2D eigenvalue weighted by Crippen LogP contribution is 2.17. The van der Waals surface area contributed by atoms with Gasteiger partial charge in [0.2, 0.25) is 0 Å². The van der Waals surface area contributed by atoms with Gasteiger partial charge in [0.25, 0.3) is 0 Å². The summed E-state index contributed by atoms with van der Waals surface area (Å²) >= 11 is 3.38. The van der Waals surface area contributed by atoms with E-state index in [4.69, 9.17) is 0 Å². The molecule has 0 aliphatic heterocycles. The second kappa shape index (κ2) is 3.93. The van der Waals surface area contributed by atoms with Crippen molar-refractivity contribution in [2.75, 3.05) is 5.33 Å². The molecule has 0 saturated carbocycles. The summed E-state index contributed by atoms with van der Waals surface area (Å²) in [6.07, 6.45) is 0. The number of fused-ring (bicyclic) bond motifs is 1. The number of allylic oxidation sites excluding steroid dienone is 1. The van der Waals surface area contributed by atoms with Gasteiger partial charge in [0.05, 0.1) is 11.2 Å². The molecule has 0 aliphatic carbocycles. The topological polar surface area (TPSA) is 12.9 Å². The molecule has 2 rings (SSSR count). The number of rotatable bonds is 2. The van der Waals surface area contributed by atoms with E-state index in [1.165, 1.54) is 5.39 Å². The van der Waals surface area contributed by atoms with E-state index in [2.05, 4.69) is 39.6 Å². The standard InChI is InChI=1S/C12H10BrN/c1-9(8-13)11-7-6-10-4-2-3-5-12(10)14-11/h2-7H,1,8H2. The highest BCUT2D eigenvalue weighted by Gasteiger charge is 2.00. The molecule has 0 spiro atoms. The molecule has 0 aliphatic rings. The summed E-state index contributed by atoms with van der Waals surface area (Å²) in [5.41, 5.74) is 2.99. The second-order valence-electron chi connectivity index (χ2n) is 3.13. The molecule has 2 aromatic rings. The normalized spacial score (nSPS) is 10.4. The van der Waals surface area contributed by atoms with Crippen LogP contribution in [0.4, 0.5) is 0 Å². The minimum absolute atomic E-state index is 0.762. The molecule has 0 atom stereocenters. The fourth-order valence-corrected chi connectivity index (χ4v) is 1.62. The van der Waals surface area contributed by atoms with E-state index in [1.807, 2.05) is 24.3 Å². The Balaban J connectivity index is 2.56.